The van der Waals surface area contributed by atoms with Crippen molar-refractivity contribution < 1.29 is 17.6 Å². The SMILES string of the molecule is O=C(CSc1nnc(-c2cccnc2)o1)Nc1cc(S(=O)(=O)N2CCCC2)ccc1Cl. The minimum atomic E-state index is -3.61. The molecule has 0 saturated carbocycles. The number of hydrogen-bond acceptors (Lipinski definition) is 8. The van der Waals surface area contributed by atoms with Gasteiger partial charge in [-0.15, -0.1) is 10.2 Å². The largest absolute Gasteiger partial charge is 0.411 e. The first-order chi connectivity index (χ1) is 14.9. The van der Waals surface area contributed by atoms with Gasteiger partial charge in [-0.3, -0.25) is 9.78 Å². The van der Waals surface area contributed by atoms with E-state index in [0.29, 0.717) is 24.5 Å². The second-order valence-corrected chi connectivity index (χ2v) is 9.98. The Kier molecular flexibility index (Phi) is 6.56. The number of nitrogens with one attached hydrogen (secondary N) is 1. The summed E-state index contributed by atoms with van der Waals surface area (Å²) in [5, 5.41) is 11.0. The van der Waals surface area contributed by atoms with E-state index in [0.717, 1.165) is 24.6 Å². The van der Waals surface area contributed by atoms with E-state index in [9.17, 15) is 13.2 Å². The number of anilines is 1. The summed E-state index contributed by atoms with van der Waals surface area (Å²) in [7, 11) is -3.61. The maximum Gasteiger partial charge on any atom is 0.277 e. The van der Waals surface area contributed by atoms with Gasteiger partial charge in [0.05, 0.1) is 26.9 Å². The van der Waals surface area contributed by atoms with Crippen LogP contribution in [0.3, 0.4) is 0 Å². The van der Waals surface area contributed by atoms with Crippen molar-refractivity contribution >= 4 is 45.0 Å². The highest BCUT2D eigenvalue weighted by Crippen LogP contribution is 2.29. The molecular weight excluding hydrogens is 462 g/mol. The van der Waals surface area contributed by atoms with E-state index in [1.54, 1.807) is 24.5 Å². The van der Waals surface area contributed by atoms with Crippen LogP contribution in [-0.2, 0) is 14.8 Å². The Hall–Kier alpha value is -2.47. The Morgan fingerprint density at radius 2 is 2.03 bits per heavy atom. The molecule has 1 aromatic carbocycles. The van der Waals surface area contributed by atoms with Gasteiger partial charge >= 0.3 is 0 Å². The van der Waals surface area contributed by atoms with Gasteiger partial charge in [0.2, 0.25) is 21.8 Å². The molecule has 1 saturated heterocycles. The molecule has 0 bridgehead atoms. The summed E-state index contributed by atoms with van der Waals surface area (Å²) in [6.07, 6.45) is 4.91. The standard InChI is InChI=1S/C19H18ClN5O4S2/c20-15-6-5-14(31(27,28)25-8-1-2-9-25)10-16(15)22-17(26)12-30-19-24-23-18(29-19)13-4-3-7-21-11-13/h3-7,10-11H,1-2,8-9,12H2,(H,22,26). The highest BCUT2D eigenvalue weighted by Gasteiger charge is 2.27. The van der Waals surface area contributed by atoms with Crippen molar-refractivity contribution in [3.05, 3.63) is 47.7 Å². The van der Waals surface area contributed by atoms with Crippen LogP contribution < -0.4 is 5.32 Å². The molecule has 12 heteroatoms. The summed E-state index contributed by atoms with van der Waals surface area (Å²) in [6.45, 7) is 0.989. The van der Waals surface area contributed by atoms with Crippen LogP contribution in [0.4, 0.5) is 5.69 Å². The first-order valence-corrected chi connectivity index (χ1v) is 12.2. The number of amides is 1. The van der Waals surface area contributed by atoms with E-state index in [1.807, 2.05) is 0 Å². The molecule has 1 aliphatic rings. The van der Waals surface area contributed by atoms with Gasteiger partial charge < -0.3 is 9.73 Å². The number of pyridine rings is 1. The van der Waals surface area contributed by atoms with Crippen molar-refractivity contribution in [1.29, 1.82) is 0 Å². The zero-order chi connectivity index (χ0) is 21.8. The molecule has 0 spiro atoms. The summed E-state index contributed by atoms with van der Waals surface area (Å²) in [5.74, 6) is -0.101. The Labute approximate surface area is 188 Å². The predicted molar refractivity (Wildman–Crippen MR) is 116 cm³/mol. The molecule has 1 N–H and O–H groups in total. The first-order valence-electron chi connectivity index (χ1n) is 9.40. The molecule has 3 heterocycles. The van der Waals surface area contributed by atoms with Gasteiger partial charge in [0.1, 0.15) is 0 Å². The monoisotopic (exact) mass is 479 g/mol. The van der Waals surface area contributed by atoms with Crippen LogP contribution in [0.5, 0.6) is 0 Å². The summed E-state index contributed by atoms with van der Waals surface area (Å²) >= 11 is 7.22. The number of aromatic nitrogens is 3. The number of benzene rings is 1. The molecule has 2 aromatic heterocycles. The van der Waals surface area contributed by atoms with E-state index in [-0.39, 0.29) is 32.5 Å². The first kappa shape index (κ1) is 21.8. The molecule has 31 heavy (non-hydrogen) atoms. The van der Waals surface area contributed by atoms with Crippen molar-refractivity contribution in [2.24, 2.45) is 0 Å². The van der Waals surface area contributed by atoms with Gasteiger partial charge in [-0.1, -0.05) is 23.4 Å². The number of carbonyl (C=O) groups is 1. The van der Waals surface area contributed by atoms with Crippen molar-refractivity contribution in [3.63, 3.8) is 0 Å². The second-order valence-electron chi connectivity index (χ2n) is 6.70. The summed E-state index contributed by atoms with van der Waals surface area (Å²) in [5.41, 5.74) is 0.906. The van der Waals surface area contributed by atoms with E-state index in [2.05, 4.69) is 20.5 Å². The third-order valence-corrected chi connectivity index (χ3v) is 7.60. The molecule has 162 valence electrons. The minimum Gasteiger partial charge on any atom is -0.411 e. The molecule has 1 fully saturated rings. The second kappa shape index (κ2) is 9.35. The summed E-state index contributed by atoms with van der Waals surface area (Å²) in [6, 6.07) is 7.82. The van der Waals surface area contributed by atoms with E-state index < -0.39 is 10.0 Å². The lowest BCUT2D eigenvalue weighted by atomic mass is 10.3. The van der Waals surface area contributed by atoms with E-state index >= 15 is 0 Å². The zero-order valence-electron chi connectivity index (χ0n) is 16.2. The van der Waals surface area contributed by atoms with Gasteiger partial charge in [0.15, 0.2) is 0 Å². The number of thioether (sulfide) groups is 1. The lowest BCUT2D eigenvalue weighted by molar-refractivity contribution is -0.113. The zero-order valence-corrected chi connectivity index (χ0v) is 18.6. The van der Waals surface area contributed by atoms with Crippen molar-refractivity contribution in [2.45, 2.75) is 23.0 Å². The van der Waals surface area contributed by atoms with Crippen LogP contribution in [0.2, 0.25) is 5.02 Å². The third kappa shape index (κ3) is 5.06. The smallest absolute Gasteiger partial charge is 0.277 e. The number of carbonyl (C=O) groups excluding carboxylic acids is 1. The molecule has 3 aromatic rings. The van der Waals surface area contributed by atoms with Gasteiger partial charge in [0, 0.05) is 25.5 Å². The van der Waals surface area contributed by atoms with E-state index in [4.69, 9.17) is 16.0 Å². The molecule has 0 aliphatic carbocycles. The normalized spacial score (nSPS) is 14.6. The maximum absolute atomic E-state index is 12.7. The quantitative estimate of drug-likeness (QED) is 0.513. The van der Waals surface area contributed by atoms with Crippen LogP contribution in [0.25, 0.3) is 11.5 Å². The van der Waals surface area contributed by atoms with Gasteiger partial charge in [-0.2, -0.15) is 4.31 Å². The van der Waals surface area contributed by atoms with Gasteiger partial charge in [-0.05, 0) is 43.2 Å². The molecule has 1 amide bonds. The Morgan fingerprint density at radius 1 is 1.23 bits per heavy atom. The fourth-order valence-corrected chi connectivity index (χ4v) is 5.30. The molecule has 0 atom stereocenters. The van der Waals surface area contributed by atoms with Crippen LogP contribution in [0.15, 0.2) is 57.3 Å². The Morgan fingerprint density at radius 3 is 2.77 bits per heavy atom. The van der Waals surface area contributed by atoms with Crippen molar-refractivity contribution in [3.8, 4) is 11.5 Å². The van der Waals surface area contributed by atoms with Crippen molar-refractivity contribution in [1.82, 2.24) is 19.5 Å². The Bertz CT molecular complexity index is 1180. The lowest BCUT2D eigenvalue weighted by Gasteiger charge is -2.16. The molecule has 0 unspecified atom stereocenters. The van der Waals surface area contributed by atoms with E-state index in [1.165, 1.54) is 22.5 Å². The fourth-order valence-electron chi connectivity index (χ4n) is 3.03. The number of hydrogen-bond donors (Lipinski definition) is 1. The van der Waals surface area contributed by atoms with Crippen LogP contribution in [-0.4, -0.2) is 52.7 Å². The average molecular weight is 480 g/mol. The Balaban J connectivity index is 1.40. The molecule has 4 rings (SSSR count). The van der Waals surface area contributed by atoms with Crippen LogP contribution >= 0.6 is 23.4 Å². The van der Waals surface area contributed by atoms with Crippen LogP contribution in [0, 0.1) is 0 Å². The molecule has 0 radical (unpaired) electrons. The van der Waals surface area contributed by atoms with Crippen LogP contribution in [0.1, 0.15) is 12.8 Å². The number of nitrogens with zero attached hydrogens (tertiary/aromatic N) is 4. The molecule has 9 nitrogen and oxygen atoms in total. The predicted octanol–water partition coefficient (Wildman–Crippen LogP) is 3.30. The third-order valence-electron chi connectivity index (χ3n) is 4.56. The topological polar surface area (TPSA) is 118 Å². The fraction of sp³-hybridized carbons (Fsp3) is 0.263. The number of halogens is 1. The lowest BCUT2D eigenvalue weighted by Crippen LogP contribution is -2.28. The molecule has 1 aliphatic heterocycles. The highest BCUT2D eigenvalue weighted by atomic mass is 35.5. The highest BCUT2D eigenvalue weighted by molar-refractivity contribution is 7.99. The average Bonchev–Trinajstić information content (AvgIpc) is 3.47. The van der Waals surface area contributed by atoms with Crippen molar-refractivity contribution in [2.75, 3.05) is 24.2 Å². The molecular formula is C19H18ClN5O4S2. The summed E-state index contributed by atoms with van der Waals surface area (Å²) in [4.78, 5) is 16.5. The van der Waals surface area contributed by atoms with Gasteiger partial charge in [-0.25, -0.2) is 8.42 Å². The number of sulfonamides is 1. The van der Waals surface area contributed by atoms with Gasteiger partial charge in [0.25, 0.3) is 5.22 Å². The summed E-state index contributed by atoms with van der Waals surface area (Å²) < 4.78 is 32.5. The minimum absolute atomic E-state index is 0.0197. The maximum atomic E-state index is 12.7. The number of rotatable bonds is 7.